The molecule has 0 atom stereocenters. The van der Waals surface area contributed by atoms with Gasteiger partial charge in [0.05, 0.1) is 17.4 Å². The van der Waals surface area contributed by atoms with E-state index in [1.54, 1.807) is 11.1 Å². The van der Waals surface area contributed by atoms with Crippen molar-refractivity contribution in [3.63, 3.8) is 0 Å². The Labute approximate surface area is 153 Å². The highest BCUT2D eigenvalue weighted by molar-refractivity contribution is 5.91. The van der Waals surface area contributed by atoms with Crippen molar-refractivity contribution >= 4 is 22.4 Å². The Kier molecular flexibility index (Phi) is 4.42. The Bertz CT molecular complexity index is 895. The molecule has 2 aromatic heterocycles. The summed E-state index contributed by atoms with van der Waals surface area (Å²) in [5.74, 6) is 0.957. The third kappa shape index (κ3) is 3.32. The van der Waals surface area contributed by atoms with E-state index in [0.29, 0.717) is 0 Å². The Morgan fingerprint density at radius 3 is 2.58 bits per heavy atom. The summed E-state index contributed by atoms with van der Waals surface area (Å²) in [6.07, 6.45) is 3.47. The Morgan fingerprint density at radius 1 is 1.08 bits per heavy atom. The van der Waals surface area contributed by atoms with Gasteiger partial charge in [-0.15, -0.1) is 0 Å². The van der Waals surface area contributed by atoms with Gasteiger partial charge < -0.3 is 9.80 Å². The van der Waals surface area contributed by atoms with Gasteiger partial charge in [-0.2, -0.15) is 15.0 Å². The molecular weight excluding hydrogens is 328 g/mol. The van der Waals surface area contributed by atoms with Crippen molar-refractivity contribution in [2.24, 2.45) is 7.05 Å². The topological polar surface area (TPSA) is 66.2 Å². The summed E-state index contributed by atoms with van der Waals surface area (Å²) >= 11 is 0. The zero-order valence-corrected chi connectivity index (χ0v) is 15.5. The Balaban J connectivity index is 1.48. The first-order valence-electron chi connectivity index (χ1n) is 8.85. The molecule has 0 bridgehead atoms. The smallest absolute Gasteiger partial charge is 0.139 e. The van der Waals surface area contributed by atoms with E-state index in [1.165, 1.54) is 5.69 Å². The maximum atomic E-state index is 4.43. The zero-order valence-electron chi connectivity index (χ0n) is 15.5. The van der Waals surface area contributed by atoms with E-state index in [4.69, 9.17) is 0 Å². The van der Waals surface area contributed by atoms with Crippen molar-refractivity contribution in [1.82, 2.24) is 29.9 Å². The Morgan fingerprint density at radius 2 is 1.88 bits per heavy atom. The molecule has 8 heteroatoms. The van der Waals surface area contributed by atoms with Crippen LogP contribution in [0.5, 0.6) is 0 Å². The lowest BCUT2D eigenvalue weighted by molar-refractivity contribution is 0.246. The van der Waals surface area contributed by atoms with Crippen molar-refractivity contribution < 1.29 is 0 Å². The van der Waals surface area contributed by atoms with Gasteiger partial charge in [0, 0.05) is 64.9 Å². The molecule has 0 aliphatic carbocycles. The van der Waals surface area contributed by atoms with Crippen molar-refractivity contribution in [2.75, 3.05) is 50.1 Å². The molecule has 4 rings (SSSR count). The monoisotopic (exact) mass is 352 g/mol. The number of aromatic nitrogens is 5. The minimum absolute atomic E-state index is 0.859. The molecule has 0 spiro atoms. The normalized spacial score (nSPS) is 15.6. The molecule has 1 fully saturated rings. The average Bonchev–Trinajstić information content (AvgIpc) is 3.06. The summed E-state index contributed by atoms with van der Waals surface area (Å²) in [6, 6.07) is 6.46. The number of anilines is 2. The Hall–Kier alpha value is -2.74. The van der Waals surface area contributed by atoms with Gasteiger partial charge in [0.15, 0.2) is 0 Å². The van der Waals surface area contributed by atoms with Crippen molar-refractivity contribution in [3.8, 4) is 0 Å². The second-order valence-corrected chi connectivity index (χ2v) is 6.88. The number of fused-ring (bicyclic) bond motifs is 1. The van der Waals surface area contributed by atoms with Crippen LogP contribution in [0.1, 0.15) is 5.69 Å². The predicted molar refractivity (Wildman–Crippen MR) is 102 cm³/mol. The highest BCUT2D eigenvalue weighted by Gasteiger charge is 2.19. The number of benzene rings is 1. The molecule has 8 nitrogen and oxygen atoms in total. The second kappa shape index (κ2) is 6.87. The first-order valence-corrected chi connectivity index (χ1v) is 8.85. The minimum atomic E-state index is 0.859. The van der Waals surface area contributed by atoms with E-state index in [1.807, 2.05) is 32.2 Å². The fourth-order valence-electron chi connectivity index (χ4n) is 3.44. The largest absolute Gasteiger partial charge is 0.369 e. The summed E-state index contributed by atoms with van der Waals surface area (Å²) in [4.78, 5) is 17.3. The molecule has 26 heavy (non-hydrogen) atoms. The number of nitrogens with zero attached hydrogens (tertiary/aromatic N) is 8. The quantitative estimate of drug-likeness (QED) is 0.698. The number of piperazine rings is 1. The summed E-state index contributed by atoms with van der Waals surface area (Å²) in [7, 11) is 5.88. The first kappa shape index (κ1) is 16.7. The highest BCUT2D eigenvalue weighted by atomic mass is 15.5. The van der Waals surface area contributed by atoms with Gasteiger partial charge in [-0.3, -0.25) is 4.90 Å². The van der Waals surface area contributed by atoms with Crippen LogP contribution in [-0.4, -0.2) is 70.1 Å². The van der Waals surface area contributed by atoms with Gasteiger partial charge in [-0.1, -0.05) is 0 Å². The molecule has 1 aliphatic rings. The number of aryl methyl sites for hydroxylation is 1. The van der Waals surface area contributed by atoms with Gasteiger partial charge in [0.1, 0.15) is 12.1 Å². The lowest BCUT2D eigenvalue weighted by Crippen LogP contribution is -2.46. The van der Waals surface area contributed by atoms with E-state index in [2.05, 4.69) is 48.2 Å². The molecule has 0 amide bonds. The van der Waals surface area contributed by atoms with Crippen LogP contribution in [0.15, 0.2) is 30.7 Å². The van der Waals surface area contributed by atoms with Crippen molar-refractivity contribution in [2.45, 2.75) is 6.54 Å². The molecular formula is C18H24N8. The van der Waals surface area contributed by atoms with Gasteiger partial charge in [-0.05, 0) is 18.2 Å². The summed E-state index contributed by atoms with van der Waals surface area (Å²) in [6.45, 7) is 4.88. The van der Waals surface area contributed by atoms with E-state index in [9.17, 15) is 0 Å². The zero-order chi connectivity index (χ0) is 18.1. The van der Waals surface area contributed by atoms with Crippen LogP contribution in [-0.2, 0) is 13.6 Å². The van der Waals surface area contributed by atoms with Crippen LogP contribution < -0.4 is 9.80 Å². The minimum Gasteiger partial charge on any atom is -0.369 e. The van der Waals surface area contributed by atoms with Gasteiger partial charge in [0.2, 0.25) is 0 Å². The molecule has 136 valence electrons. The summed E-state index contributed by atoms with van der Waals surface area (Å²) in [5.41, 5.74) is 3.24. The third-order valence-corrected chi connectivity index (χ3v) is 4.79. The number of hydrogen-bond donors (Lipinski definition) is 0. The van der Waals surface area contributed by atoms with E-state index in [-0.39, 0.29) is 0 Å². The molecule has 0 radical (unpaired) electrons. The second-order valence-electron chi connectivity index (χ2n) is 6.88. The van der Waals surface area contributed by atoms with Crippen LogP contribution in [0.2, 0.25) is 0 Å². The fourth-order valence-corrected chi connectivity index (χ4v) is 3.44. The maximum Gasteiger partial charge on any atom is 0.139 e. The van der Waals surface area contributed by atoms with E-state index >= 15 is 0 Å². The molecule has 3 heterocycles. The molecule has 0 N–H and O–H groups in total. The van der Waals surface area contributed by atoms with Crippen LogP contribution in [0.25, 0.3) is 10.9 Å². The molecule has 0 saturated carbocycles. The molecule has 1 aromatic carbocycles. The van der Waals surface area contributed by atoms with Crippen LogP contribution >= 0.6 is 0 Å². The first-order chi connectivity index (χ1) is 12.6. The summed E-state index contributed by atoms with van der Waals surface area (Å²) in [5, 5.41) is 9.62. The van der Waals surface area contributed by atoms with Crippen LogP contribution in [0.3, 0.4) is 0 Å². The fraction of sp³-hybridized carbons (Fsp3) is 0.444. The van der Waals surface area contributed by atoms with E-state index < -0.39 is 0 Å². The average molecular weight is 352 g/mol. The molecule has 1 aliphatic heterocycles. The lowest BCUT2D eigenvalue weighted by atomic mass is 10.1. The third-order valence-electron chi connectivity index (χ3n) is 4.79. The summed E-state index contributed by atoms with van der Waals surface area (Å²) < 4.78 is 0. The van der Waals surface area contributed by atoms with Crippen molar-refractivity contribution in [3.05, 3.63) is 36.4 Å². The molecule has 3 aromatic rings. The van der Waals surface area contributed by atoms with Gasteiger partial charge in [-0.25, -0.2) is 9.97 Å². The van der Waals surface area contributed by atoms with Gasteiger partial charge >= 0.3 is 0 Å². The van der Waals surface area contributed by atoms with E-state index in [0.717, 1.165) is 55.1 Å². The SMILES string of the molecule is CN(C)c1ncnc2ccc(N3CCN(Cc4cnn(C)n4)CC3)cc12. The maximum absolute atomic E-state index is 4.43. The lowest BCUT2D eigenvalue weighted by Gasteiger charge is -2.35. The molecule has 0 unspecified atom stereocenters. The highest BCUT2D eigenvalue weighted by Crippen LogP contribution is 2.27. The standard InChI is InChI=1S/C18H24N8/c1-23(2)18-16-10-15(4-5-17(16)19-13-20-18)26-8-6-25(7-9-26)12-14-11-21-24(3)22-14/h4-5,10-11,13H,6-9,12H2,1-3H3. The number of hydrogen-bond acceptors (Lipinski definition) is 7. The molecule has 1 saturated heterocycles. The van der Waals surface area contributed by atoms with Crippen LogP contribution in [0.4, 0.5) is 11.5 Å². The number of rotatable bonds is 4. The van der Waals surface area contributed by atoms with Crippen molar-refractivity contribution in [1.29, 1.82) is 0 Å². The predicted octanol–water partition coefficient (Wildman–Crippen LogP) is 1.15. The van der Waals surface area contributed by atoms with Crippen LogP contribution in [0, 0.1) is 0 Å². The van der Waals surface area contributed by atoms with Gasteiger partial charge in [0.25, 0.3) is 0 Å².